The van der Waals surface area contributed by atoms with E-state index in [9.17, 15) is 9.18 Å². The quantitative estimate of drug-likeness (QED) is 0.922. The Bertz CT molecular complexity index is 596. The van der Waals surface area contributed by atoms with Gasteiger partial charge in [0.05, 0.1) is 0 Å². The van der Waals surface area contributed by atoms with Crippen molar-refractivity contribution in [2.75, 3.05) is 5.32 Å². The van der Waals surface area contributed by atoms with Crippen LogP contribution < -0.4 is 5.32 Å². The van der Waals surface area contributed by atoms with E-state index in [1.54, 1.807) is 0 Å². The Hall–Kier alpha value is -1.89. The number of anilines is 1. The van der Waals surface area contributed by atoms with Crippen LogP contribution in [0.25, 0.3) is 0 Å². The second-order valence-electron chi connectivity index (χ2n) is 4.03. The van der Waals surface area contributed by atoms with Crippen molar-refractivity contribution in [1.82, 2.24) is 15.2 Å². The molecule has 1 fully saturated rings. The van der Waals surface area contributed by atoms with Gasteiger partial charge in [0.1, 0.15) is 16.5 Å². The number of halogens is 1. The number of nitrogens with one attached hydrogen (secondary N) is 1. The average molecular weight is 264 g/mol. The second kappa shape index (κ2) is 4.41. The lowest BCUT2D eigenvalue weighted by atomic mass is 10.3. The molecule has 1 aliphatic rings. The summed E-state index contributed by atoms with van der Waals surface area (Å²) in [6, 6.07) is 2.27. The standard InChI is InChI=1S/C11H9FN4OS/c12-7-3-4-13-8(5-7)9(17)14-11-16-15-10(18-11)6-1-2-6/h3-6H,1-2H2,(H,14,16,17). The van der Waals surface area contributed by atoms with Crippen molar-refractivity contribution in [3.8, 4) is 0 Å². The summed E-state index contributed by atoms with van der Waals surface area (Å²) >= 11 is 1.35. The molecule has 0 spiro atoms. The van der Waals surface area contributed by atoms with Crippen LogP contribution in [0.1, 0.15) is 34.3 Å². The van der Waals surface area contributed by atoms with Gasteiger partial charge in [-0.2, -0.15) is 0 Å². The largest absolute Gasteiger partial charge is 0.295 e. The molecule has 0 radical (unpaired) electrons. The molecule has 92 valence electrons. The molecule has 1 saturated carbocycles. The number of hydrogen-bond donors (Lipinski definition) is 1. The zero-order valence-electron chi connectivity index (χ0n) is 9.26. The Balaban J connectivity index is 1.73. The average Bonchev–Trinajstić information content (AvgIpc) is 3.11. The highest BCUT2D eigenvalue weighted by Gasteiger charge is 2.27. The molecule has 2 aromatic heterocycles. The van der Waals surface area contributed by atoms with Gasteiger partial charge in [-0.1, -0.05) is 11.3 Å². The molecule has 1 N–H and O–H groups in total. The third kappa shape index (κ3) is 2.35. The van der Waals surface area contributed by atoms with Gasteiger partial charge in [-0.25, -0.2) is 4.39 Å². The van der Waals surface area contributed by atoms with E-state index in [0.29, 0.717) is 11.0 Å². The molecule has 5 nitrogen and oxygen atoms in total. The van der Waals surface area contributed by atoms with E-state index in [0.717, 1.165) is 23.9 Å². The molecule has 1 aliphatic carbocycles. The predicted octanol–water partition coefficient (Wildman–Crippen LogP) is 2.20. The molecule has 2 heterocycles. The maximum absolute atomic E-state index is 12.9. The predicted molar refractivity (Wildman–Crippen MR) is 64.0 cm³/mol. The fraction of sp³-hybridized carbons (Fsp3) is 0.273. The summed E-state index contributed by atoms with van der Waals surface area (Å²) < 4.78 is 12.9. The SMILES string of the molecule is O=C(Nc1nnc(C2CC2)s1)c1cc(F)ccn1. The number of carbonyl (C=O) groups is 1. The fourth-order valence-electron chi connectivity index (χ4n) is 1.47. The number of nitrogens with zero attached hydrogens (tertiary/aromatic N) is 3. The lowest BCUT2D eigenvalue weighted by molar-refractivity contribution is 0.102. The van der Waals surface area contributed by atoms with E-state index < -0.39 is 11.7 Å². The first-order chi connectivity index (χ1) is 8.72. The highest BCUT2D eigenvalue weighted by molar-refractivity contribution is 7.15. The van der Waals surface area contributed by atoms with Gasteiger partial charge in [0.25, 0.3) is 5.91 Å². The molecule has 2 aromatic rings. The monoisotopic (exact) mass is 264 g/mol. The van der Waals surface area contributed by atoms with Crippen molar-refractivity contribution in [2.45, 2.75) is 18.8 Å². The van der Waals surface area contributed by atoms with Crippen LogP contribution in [0.2, 0.25) is 0 Å². The summed E-state index contributed by atoms with van der Waals surface area (Å²) in [5.41, 5.74) is 0.0261. The van der Waals surface area contributed by atoms with Crippen LogP contribution in [0.3, 0.4) is 0 Å². The highest BCUT2D eigenvalue weighted by Crippen LogP contribution is 2.42. The first kappa shape index (κ1) is 11.2. The Kier molecular flexibility index (Phi) is 2.75. The summed E-state index contributed by atoms with van der Waals surface area (Å²) in [5.74, 6) is -0.473. The topological polar surface area (TPSA) is 67.8 Å². The lowest BCUT2D eigenvalue weighted by Crippen LogP contribution is -2.13. The minimum atomic E-state index is -0.494. The van der Waals surface area contributed by atoms with Crippen LogP contribution in [0, 0.1) is 5.82 Å². The number of rotatable bonds is 3. The van der Waals surface area contributed by atoms with Gasteiger partial charge in [0, 0.05) is 18.2 Å². The summed E-state index contributed by atoms with van der Waals surface area (Å²) in [4.78, 5) is 15.6. The second-order valence-corrected chi connectivity index (χ2v) is 5.04. The van der Waals surface area contributed by atoms with Crippen LogP contribution >= 0.6 is 11.3 Å². The van der Waals surface area contributed by atoms with Gasteiger partial charge in [0.15, 0.2) is 0 Å². The number of pyridine rings is 1. The summed E-state index contributed by atoms with van der Waals surface area (Å²) in [6.45, 7) is 0. The maximum atomic E-state index is 12.9. The lowest BCUT2D eigenvalue weighted by Gasteiger charge is -1.99. The third-order valence-corrected chi connectivity index (χ3v) is 3.54. The Morgan fingerprint density at radius 1 is 1.44 bits per heavy atom. The van der Waals surface area contributed by atoms with Gasteiger partial charge >= 0.3 is 0 Å². The van der Waals surface area contributed by atoms with Crippen molar-refractivity contribution < 1.29 is 9.18 Å². The molecule has 0 atom stereocenters. The van der Waals surface area contributed by atoms with Gasteiger partial charge in [-0.05, 0) is 18.9 Å². The molecule has 0 bridgehead atoms. The number of aromatic nitrogens is 3. The van der Waals surface area contributed by atoms with Gasteiger partial charge in [0.2, 0.25) is 5.13 Å². The Morgan fingerprint density at radius 3 is 3.00 bits per heavy atom. The van der Waals surface area contributed by atoms with E-state index in [1.165, 1.54) is 23.6 Å². The minimum Gasteiger partial charge on any atom is -0.295 e. The Labute approximate surface area is 106 Å². The smallest absolute Gasteiger partial charge is 0.276 e. The summed E-state index contributed by atoms with van der Waals surface area (Å²) in [6.07, 6.45) is 3.52. The molecule has 0 unspecified atom stereocenters. The van der Waals surface area contributed by atoms with E-state index >= 15 is 0 Å². The van der Waals surface area contributed by atoms with E-state index in [2.05, 4.69) is 20.5 Å². The van der Waals surface area contributed by atoms with Crippen LogP contribution in [0.15, 0.2) is 18.3 Å². The molecular weight excluding hydrogens is 255 g/mol. The number of amides is 1. The summed E-state index contributed by atoms with van der Waals surface area (Å²) in [7, 11) is 0. The molecule has 18 heavy (non-hydrogen) atoms. The summed E-state index contributed by atoms with van der Waals surface area (Å²) in [5, 5.41) is 11.8. The molecule has 0 aliphatic heterocycles. The number of carbonyl (C=O) groups excluding carboxylic acids is 1. The van der Waals surface area contributed by atoms with Crippen LogP contribution in [-0.4, -0.2) is 21.1 Å². The van der Waals surface area contributed by atoms with Crippen molar-refractivity contribution in [2.24, 2.45) is 0 Å². The molecular formula is C11H9FN4OS. The van der Waals surface area contributed by atoms with Crippen molar-refractivity contribution in [1.29, 1.82) is 0 Å². The zero-order chi connectivity index (χ0) is 12.5. The molecule has 7 heteroatoms. The minimum absolute atomic E-state index is 0.0261. The van der Waals surface area contributed by atoms with E-state index in [-0.39, 0.29) is 5.69 Å². The highest BCUT2D eigenvalue weighted by atomic mass is 32.1. The zero-order valence-corrected chi connectivity index (χ0v) is 10.1. The normalized spacial score (nSPS) is 14.5. The van der Waals surface area contributed by atoms with Crippen molar-refractivity contribution in [3.05, 3.63) is 34.8 Å². The number of hydrogen-bond acceptors (Lipinski definition) is 5. The van der Waals surface area contributed by atoms with E-state index in [1.807, 2.05) is 0 Å². The van der Waals surface area contributed by atoms with Crippen LogP contribution in [0.4, 0.5) is 9.52 Å². The third-order valence-electron chi connectivity index (χ3n) is 2.54. The maximum Gasteiger partial charge on any atom is 0.276 e. The first-order valence-corrected chi connectivity index (χ1v) is 6.30. The fourth-order valence-corrected chi connectivity index (χ4v) is 2.38. The van der Waals surface area contributed by atoms with Gasteiger partial charge in [-0.3, -0.25) is 15.1 Å². The molecule has 0 aromatic carbocycles. The van der Waals surface area contributed by atoms with E-state index in [4.69, 9.17) is 0 Å². The molecule has 3 rings (SSSR count). The first-order valence-electron chi connectivity index (χ1n) is 5.48. The molecule has 1 amide bonds. The molecule has 0 saturated heterocycles. The van der Waals surface area contributed by atoms with Crippen molar-refractivity contribution >= 4 is 22.4 Å². The van der Waals surface area contributed by atoms with Crippen LogP contribution in [-0.2, 0) is 0 Å². The van der Waals surface area contributed by atoms with Gasteiger partial charge < -0.3 is 0 Å². The Morgan fingerprint density at radius 2 is 2.28 bits per heavy atom. The van der Waals surface area contributed by atoms with Crippen molar-refractivity contribution in [3.63, 3.8) is 0 Å². The van der Waals surface area contributed by atoms with Crippen LogP contribution in [0.5, 0.6) is 0 Å². The van der Waals surface area contributed by atoms with Gasteiger partial charge in [-0.15, -0.1) is 10.2 Å².